The molecule has 2 atom stereocenters. The van der Waals surface area contributed by atoms with Crippen molar-refractivity contribution in [3.05, 3.63) is 34.2 Å². The van der Waals surface area contributed by atoms with Gasteiger partial charge in [-0.15, -0.1) is 0 Å². The second-order valence-corrected chi connectivity index (χ2v) is 11.1. The minimum atomic E-state index is -0.696. The molecule has 3 amide bonds. The third kappa shape index (κ3) is 6.06. The maximum atomic E-state index is 13.1. The minimum absolute atomic E-state index is 0.00239. The molecular weight excluding hydrogens is 476 g/mol. The molecule has 2 aliphatic heterocycles. The van der Waals surface area contributed by atoms with E-state index in [4.69, 9.17) is 9.47 Å². The zero-order valence-electron chi connectivity index (χ0n) is 22.4. The normalized spacial score (nSPS) is 20.2. The van der Waals surface area contributed by atoms with Crippen molar-refractivity contribution >= 4 is 28.9 Å². The molecule has 2 aliphatic rings. The third-order valence-electron chi connectivity index (χ3n) is 7.05. The van der Waals surface area contributed by atoms with E-state index in [1.165, 1.54) is 4.57 Å². The fourth-order valence-corrected chi connectivity index (χ4v) is 5.21. The van der Waals surface area contributed by atoms with Gasteiger partial charge in [0, 0.05) is 26.6 Å². The van der Waals surface area contributed by atoms with Crippen LogP contribution in [0.25, 0.3) is 11.0 Å². The molecule has 2 aromatic rings. The van der Waals surface area contributed by atoms with Crippen LogP contribution in [0.5, 0.6) is 0 Å². The first-order chi connectivity index (χ1) is 17.4. The number of aromatic nitrogens is 2. The highest BCUT2D eigenvalue weighted by Gasteiger charge is 2.32. The van der Waals surface area contributed by atoms with Gasteiger partial charge in [0.15, 0.2) is 0 Å². The average Bonchev–Trinajstić information content (AvgIpc) is 3.08. The molecule has 0 unspecified atom stereocenters. The van der Waals surface area contributed by atoms with E-state index in [2.05, 4.69) is 5.32 Å². The Balaban J connectivity index is 1.38. The standard InChI is InChI=1S/C27H38N4O6/c1-17(36-19-13-15-30(16-14-19)26(35)37-27(2,3)4)9-10-18-7-6-8-20-23(18)29(5)25(34)31(20)21-11-12-22(32)28-24(21)33/h6-8,17,19,21H,9-16H2,1-5H3,(H,28,32,33)/t17-,21-/m0/s1. The molecule has 0 radical (unpaired) electrons. The lowest BCUT2D eigenvalue weighted by atomic mass is 10.0. The fraction of sp³-hybridized carbons (Fsp3) is 0.630. The molecule has 37 heavy (non-hydrogen) atoms. The van der Waals surface area contributed by atoms with E-state index in [-0.39, 0.29) is 36.3 Å². The zero-order chi connectivity index (χ0) is 26.9. The summed E-state index contributed by atoms with van der Waals surface area (Å²) < 4.78 is 14.9. The first-order valence-electron chi connectivity index (χ1n) is 13.1. The van der Waals surface area contributed by atoms with Gasteiger partial charge in [-0.2, -0.15) is 0 Å². The highest BCUT2D eigenvalue weighted by molar-refractivity contribution is 6.00. The van der Waals surface area contributed by atoms with Gasteiger partial charge in [-0.25, -0.2) is 9.59 Å². The van der Waals surface area contributed by atoms with E-state index in [1.54, 1.807) is 16.5 Å². The molecule has 0 bridgehead atoms. The van der Waals surface area contributed by atoms with Crippen molar-refractivity contribution in [2.45, 2.75) is 90.1 Å². The Labute approximate surface area is 216 Å². The lowest BCUT2D eigenvalue weighted by Crippen LogP contribution is -2.44. The summed E-state index contributed by atoms with van der Waals surface area (Å²) in [6.07, 6.45) is 3.35. The number of ether oxygens (including phenoxy) is 2. The smallest absolute Gasteiger partial charge is 0.410 e. The fourth-order valence-electron chi connectivity index (χ4n) is 5.21. The Hall–Kier alpha value is -3.14. The predicted molar refractivity (Wildman–Crippen MR) is 138 cm³/mol. The molecule has 1 aromatic carbocycles. The molecule has 2 fully saturated rings. The van der Waals surface area contributed by atoms with Crippen molar-refractivity contribution in [2.75, 3.05) is 13.1 Å². The number of benzene rings is 1. The largest absolute Gasteiger partial charge is 0.444 e. The molecule has 1 N–H and O–H groups in total. The third-order valence-corrected chi connectivity index (χ3v) is 7.05. The lowest BCUT2D eigenvalue weighted by molar-refractivity contribution is -0.135. The molecule has 3 heterocycles. The van der Waals surface area contributed by atoms with Gasteiger partial charge in [0.05, 0.1) is 23.2 Å². The summed E-state index contributed by atoms with van der Waals surface area (Å²) in [6.45, 7) is 8.87. The van der Waals surface area contributed by atoms with Crippen molar-refractivity contribution in [1.29, 1.82) is 0 Å². The zero-order valence-corrected chi connectivity index (χ0v) is 22.4. The van der Waals surface area contributed by atoms with Crippen molar-refractivity contribution in [3.8, 4) is 0 Å². The first-order valence-corrected chi connectivity index (χ1v) is 13.1. The molecule has 1 aromatic heterocycles. The van der Waals surface area contributed by atoms with Crippen molar-refractivity contribution in [1.82, 2.24) is 19.4 Å². The molecule has 0 saturated carbocycles. The molecule has 10 heteroatoms. The van der Waals surface area contributed by atoms with Crippen molar-refractivity contribution < 1.29 is 23.9 Å². The number of rotatable bonds is 6. The average molecular weight is 515 g/mol. The van der Waals surface area contributed by atoms with Crippen LogP contribution in [-0.4, -0.2) is 62.8 Å². The Morgan fingerprint density at radius 3 is 2.49 bits per heavy atom. The molecule has 202 valence electrons. The maximum absolute atomic E-state index is 13.1. The van der Waals surface area contributed by atoms with E-state index >= 15 is 0 Å². The molecule has 4 rings (SSSR count). The number of carbonyl (C=O) groups excluding carboxylic acids is 3. The number of piperidine rings is 2. The van der Waals surface area contributed by atoms with Crippen LogP contribution in [0.4, 0.5) is 4.79 Å². The number of likely N-dealkylation sites (tertiary alicyclic amines) is 1. The topological polar surface area (TPSA) is 112 Å². The summed E-state index contributed by atoms with van der Waals surface area (Å²) in [6, 6.07) is 5.06. The van der Waals surface area contributed by atoms with E-state index in [0.717, 1.165) is 30.3 Å². The summed E-state index contributed by atoms with van der Waals surface area (Å²) in [7, 11) is 1.72. The van der Waals surface area contributed by atoms with E-state index in [0.29, 0.717) is 31.4 Å². The number of imidazole rings is 1. The SMILES string of the molecule is C[C@@H](CCc1cccc2c1n(C)c(=O)n2[C@H]1CCC(=O)NC1=O)OC1CCN(C(=O)OC(C)(C)C)CC1. The molecule has 10 nitrogen and oxygen atoms in total. The van der Waals surface area contributed by atoms with Crippen molar-refractivity contribution in [2.24, 2.45) is 7.05 Å². The first kappa shape index (κ1) is 26.9. The van der Waals surface area contributed by atoms with Crippen LogP contribution in [-0.2, 0) is 32.5 Å². The van der Waals surface area contributed by atoms with E-state index < -0.39 is 17.6 Å². The van der Waals surface area contributed by atoms with Gasteiger partial charge < -0.3 is 14.4 Å². The number of fused-ring (bicyclic) bond motifs is 1. The quantitative estimate of drug-likeness (QED) is 0.593. The maximum Gasteiger partial charge on any atom is 0.410 e. The van der Waals surface area contributed by atoms with Crippen LogP contribution in [0, 0.1) is 0 Å². The summed E-state index contributed by atoms with van der Waals surface area (Å²) in [5, 5.41) is 2.35. The highest BCUT2D eigenvalue weighted by atomic mass is 16.6. The van der Waals surface area contributed by atoms with Crippen LogP contribution in [0.1, 0.15) is 71.4 Å². The van der Waals surface area contributed by atoms with Gasteiger partial charge in [-0.3, -0.25) is 24.0 Å². The van der Waals surface area contributed by atoms with Crippen molar-refractivity contribution in [3.63, 3.8) is 0 Å². The van der Waals surface area contributed by atoms with Gasteiger partial charge in [0.1, 0.15) is 11.6 Å². The number of para-hydroxylation sites is 1. The van der Waals surface area contributed by atoms with Gasteiger partial charge in [0.25, 0.3) is 0 Å². The molecule has 0 spiro atoms. The summed E-state index contributed by atoms with van der Waals surface area (Å²) >= 11 is 0. The summed E-state index contributed by atoms with van der Waals surface area (Å²) in [5.41, 5.74) is 1.74. The van der Waals surface area contributed by atoms with Crippen LogP contribution in [0.2, 0.25) is 0 Å². The Bertz CT molecular complexity index is 1230. The number of carbonyl (C=O) groups is 3. The van der Waals surface area contributed by atoms with E-state index in [1.807, 2.05) is 45.9 Å². The van der Waals surface area contributed by atoms with Crippen LogP contribution in [0.3, 0.4) is 0 Å². The summed E-state index contributed by atoms with van der Waals surface area (Å²) in [5.74, 6) is -0.740. The molecule has 2 saturated heterocycles. The van der Waals surface area contributed by atoms with Gasteiger partial charge in [-0.05, 0) is 71.4 Å². The number of aryl methyl sites for hydroxylation is 2. The lowest BCUT2D eigenvalue weighted by Gasteiger charge is -2.34. The van der Waals surface area contributed by atoms with Gasteiger partial charge >= 0.3 is 11.8 Å². The number of hydrogen-bond acceptors (Lipinski definition) is 6. The second kappa shape index (κ2) is 10.7. The Morgan fingerprint density at radius 2 is 1.84 bits per heavy atom. The monoisotopic (exact) mass is 514 g/mol. The van der Waals surface area contributed by atoms with Crippen LogP contribution < -0.4 is 11.0 Å². The predicted octanol–water partition coefficient (Wildman–Crippen LogP) is 3.05. The number of amides is 3. The van der Waals surface area contributed by atoms with E-state index in [9.17, 15) is 19.2 Å². The van der Waals surface area contributed by atoms with Gasteiger partial charge in [0.2, 0.25) is 11.8 Å². The molecular formula is C27H38N4O6. The highest BCUT2D eigenvalue weighted by Crippen LogP contribution is 2.26. The molecule has 0 aliphatic carbocycles. The minimum Gasteiger partial charge on any atom is -0.444 e. The number of nitrogens with one attached hydrogen (secondary N) is 1. The van der Waals surface area contributed by atoms with Crippen LogP contribution in [0.15, 0.2) is 23.0 Å². The van der Waals surface area contributed by atoms with Crippen LogP contribution >= 0.6 is 0 Å². The number of imide groups is 1. The summed E-state index contributed by atoms with van der Waals surface area (Å²) in [4.78, 5) is 51.2. The second-order valence-electron chi connectivity index (χ2n) is 11.1. The number of nitrogens with zero attached hydrogens (tertiary/aromatic N) is 3. The van der Waals surface area contributed by atoms with Gasteiger partial charge in [-0.1, -0.05) is 12.1 Å². The number of hydrogen-bond donors (Lipinski definition) is 1. The Kier molecular flexibility index (Phi) is 7.77. The Morgan fingerprint density at radius 1 is 1.14 bits per heavy atom.